The lowest BCUT2D eigenvalue weighted by Gasteiger charge is -2.31. The van der Waals surface area contributed by atoms with Crippen LogP contribution in [0.1, 0.15) is 25.1 Å². The Balaban J connectivity index is 2.18. The second-order valence-electron chi connectivity index (χ2n) is 4.19. The minimum atomic E-state index is -0.484. The van der Waals surface area contributed by atoms with E-state index in [4.69, 9.17) is 13.9 Å². The van der Waals surface area contributed by atoms with Crippen molar-refractivity contribution in [1.29, 1.82) is 0 Å². The highest BCUT2D eigenvalue weighted by Gasteiger charge is 2.47. The van der Waals surface area contributed by atoms with Crippen molar-refractivity contribution in [1.82, 2.24) is 5.06 Å². The average molecular weight is 227 g/mol. The number of methoxy groups -OCH3 is 1. The minimum absolute atomic E-state index is 0.210. The van der Waals surface area contributed by atoms with Crippen LogP contribution in [0.25, 0.3) is 0 Å². The van der Waals surface area contributed by atoms with Gasteiger partial charge in [-0.15, -0.1) is 0 Å². The predicted octanol–water partition coefficient (Wildman–Crippen LogP) is 1.79. The minimum Gasteiger partial charge on any atom is -0.467 e. The molecule has 0 aliphatic carbocycles. The van der Waals surface area contributed by atoms with Crippen molar-refractivity contribution in [3.63, 3.8) is 0 Å². The summed E-state index contributed by atoms with van der Waals surface area (Å²) >= 11 is 0. The van der Waals surface area contributed by atoms with Crippen LogP contribution >= 0.6 is 0 Å². The smallest absolute Gasteiger partial charge is 0.147 e. The Labute approximate surface area is 94.5 Å². The van der Waals surface area contributed by atoms with Crippen molar-refractivity contribution < 1.29 is 19.1 Å². The van der Waals surface area contributed by atoms with Gasteiger partial charge in [0.25, 0.3) is 0 Å². The van der Waals surface area contributed by atoms with Crippen LogP contribution in [0.4, 0.5) is 0 Å². The summed E-state index contributed by atoms with van der Waals surface area (Å²) in [6, 6.07) is 3.36. The van der Waals surface area contributed by atoms with E-state index in [1.165, 1.54) is 5.06 Å². The molecule has 2 heterocycles. The maximum absolute atomic E-state index is 9.85. The molecule has 2 rings (SSSR count). The number of furan rings is 1. The SMILES string of the molecule is COCO[C@]1(C)CCN(O)[C@@H]1c1ccco1. The van der Waals surface area contributed by atoms with E-state index in [1.807, 2.05) is 13.0 Å². The summed E-state index contributed by atoms with van der Waals surface area (Å²) < 4.78 is 15.9. The molecule has 5 nitrogen and oxygen atoms in total. The van der Waals surface area contributed by atoms with Gasteiger partial charge in [0.1, 0.15) is 18.6 Å². The van der Waals surface area contributed by atoms with Crippen molar-refractivity contribution >= 4 is 0 Å². The first-order valence-corrected chi connectivity index (χ1v) is 5.29. The van der Waals surface area contributed by atoms with E-state index >= 15 is 0 Å². The van der Waals surface area contributed by atoms with Crippen LogP contribution in [0.5, 0.6) is 0 Å². The predicted molar refractivity (Wildman–Crippen MR) is 55.9 cm³/mol. The van der Waals surface area contributed by atoms with Gasteiger partial charge in [-0.05, 0) is 25.5 Å². The molecule has 0 spiro atoms. The molecule has 1 fully saturated rings. The van der Waals surface area contributed by atoms with Crippen molar-refractivity contribution in [2.45, 2.75) is 25.0 Å². The fourth-order valence-corrected chi connectivity index (χ4v) is 2.16. The Morgan fingerprint density at radius 3 is 3.12 bits per heavy atom. The summed E-state index contributed by atoms with van der Waals surface area (Å²) in [5.74, 6) is 0.707. The van der Waals surface area contributed by atoms with Gasteiger partial charge in [0.2, 0.25) is 0 Å². The van der Waals surface area contributed by atoms with Gasteiger partial charge in [-0.25, -0.2) is 0 Å². The van der Waals surface area contributed by atoms with Crippen LogP contribution in [0.2, 0.25) is 0 Å². The second kappa shape index (κ2) is 4.55. The average Bonchev–Trinajstić information content (AvgIpc) is 2.85. The van der Waals surface area contributed by atoms with Crippen molar-refractivity contribution in [3.05, 3.63) is 24.2 Å². The molecule has 0 unspecified atom stereocenters. The topological polar surface area (TPSA) is 55.1 Å². The number of rotatable bonds is 4. The lowest BCUT2D eigenvalue weighted by Crippen LogP contribution is -2.36. The highest BCUT2D eigenvalue weighted by molar-refractivity contribution is 5.12. The highest BCUT2D eigenvalue weighted by Crippen LogP contribution is 2.41. The van der Waals surface area contributed by atoms with E-state index in [9.17, 15) is 5.21 Å². The zero-order chi connectivity index (χ0) is 11.6. The van der Waals surface area contributed by atoms with Gasteiger partial charge < -0.3 is 19.1 Å². The van der Waals surface area contributed by atoms with Crippen LogP contribution in [0, 0.1) is 0 Å². The van der Waals surface area contributed by atoms with E-state index in [0.29, 0.717) is 12.3 Å². The lowest BCUT2D eigenvalue weighted by atomic mass is 9.95. The van der Waals surface area contributed by atoms with Crippen LogP contribution in [-0.4, -0.2) is 36.3 Å². The Kier molecular flexibility index (Phi) is 3.30. The van der Waals surface area contributed by atoms with Crippen molar-refractivity contribution in [3.8, 4) is 0 Å². The molecule has 0 amide bonds. The Hall–Kier alpha value is -0.880. The number of hydroxylamine groups is 2. The van der Waals surface area contributed by atoms with E-state index in [1.54, 1.807) is 19.4 Å². The summed E-state index contributed by atoms with van der Waals surface area (Å²) in [5.41, 5.74) is -0.484. The standard InChI is InChI=1S/C11H17NO4/c1-11(16-8-14-2)5-6-12(13)10(11)9-4-3-7-15-9/h3-4,7,10,13H,5-6,8H2,1-2H3/t10-,11-/m1/s1. The summed E-state index contributed by atoms with van der Waals surface area (Å²) in [4.78, 5) is 0. The lowest BCUT2D eigenvalue weighted by molar-refractivity contribution is -0.180. The molecular weight excluding hydrogens is 210 g/mol. The molecular formula is C11H17NO4. The van der Waals surface area contributed by atoms with E-state index in [-0.39, 0.29) is 12.8 Å². The first-order valence-electron chi connectivity index (χ1n) is 5.29. The number of hydrogen-bond acceptors (Lipinski definition) is 5. The van der Waals surface area contributed by atoms with Gasteiger partial charge in [0, 0.05) is 13.7 Å². The normalized spacial score (nSPS) is 31.1. The summed E-state index contributed by atoms with van der Waals surface area (Å²) in [7, 11) is 1.58. The van der Waals surface area contributed by atoms with E-state index in [2.05, 4.69) is 0 Å². The fraction of sp³-hybridized carbons (Fsp3) is 0.636. The van der Waals surface area contributed by atoms with Crippen molar-refractivity contribution in [2.75, 3.05) is 20.4 Å². The summed E-state index contributed by atoms with van der Waals surface area (Å²) in [6.45, 7) is 2.72. The van der Waals surface area contributed by atoms with E-state index in [0.717, 1.165) is 6.42 Å². The Bertz CT molecular complexity index is 327. The number of nitrogens with zero attached hydrogens (tertiary/aromatic N) is 1. The van der Waals surface area contributed by atoms with Crippen LogP contribution in [0.15, 0.2) is 22.8 Å². The maximum Gasteiger partial charge on any atom is 0.147 e. The summed E-state index contributed by atoms with van der Waals surface area (Å²) in [5, 5.41) is 11.1. The molecule has 90 valence electrons. The first kappa shape index (κ1) is 11.6. The largest absolute Gasteiger partial charge is 0.467 e. The first-order chi connectivity index (χ1) is 7.67. The Morgan fingerprint density at radius 1 is 1.69 bits per heavy atom. The van der Waals surface area contributed by atoms with Crippen LogP contribution in [-0.2, 0) is 9.47 Å². The molecule has 0 bridgehead atoms. The third-order valence-corrected chi connectivity index (χ3v) is 3.03. The van der Waals surface area contributed by atoms with Gasteiger partial charge in [0.05, 0.1) is 11.9 Å². The molecule has 1 aromatic heterocycles. The van der Waals surface area contributed by atoms with Crippen molar-refractivity contribution in [2.24, 2.45) is 0 Å². The van der Waals surface area contributed by atoms with Gasteiger partial charge in [-0.1, -0.05) is 0 Å². The molecule has 16 heavy (non-hydrogen) atoms. The molecule has 1 aromatic rings. The number of ether oxygens (including phenoxy) is 2. The highest BCUT2D eigenvalue weighted by atomic mass is 16.7. The van der Waals surface area contributed by atoms with Crippen LogP contribution in [0.3, 0.4) is 0 Å². The van der Waals surface area contributed by atoms with Gasteiger partial charge in [-0.2, -0.15) is 5.06 Å². The van der Waals surface area contributed by atoms with Gasteiger partial charge >= 0.3 is 0 Å². The third-order valence-electron chi connectivity index (χ3n) is 3.03. The molecule has 2 atom stereocenters. The molecule has 0 saturated carbocycles. The fourth-order valence-electron chi connectivity index (χ4n) is 2.16. The molecule has 1 aliphatic rings. The molecule has 1 N–H and O–H groups in total. The maximum atomic E-state index is 9.85. The number of hydrogen-bond donors (Lipinski definition) is 1. The monoisotopic (exact) mass is 227 g/mol. The third kappa shape index (κ3) is 1.99. The van der Waals surface area contributed by atoms with Crippen LogP contribution < -0.4 is 0 Å². The van der Waals surface area contributed by atoms with E-state index < -0.39 is 5.60 Å². The summed E-state index contributed by atoms with van der Waals surface area (Å²) in [6.07, 6.45) is 2.33. The molecule has 0 aromatic carbocycles. The molecule has 1 saturated heterocycles. The zero-order valence-corrected chi connectivity index (χ0v) is 9.55. The molecule has 5 heteroatoms. The zero-order valence-electron chi connectivity index (χ0n) is 9.55. The Morgan fingerprint density at radius 2 is 2.50 bits per heavy atom. The quantitative estimate of drug-likeness (QED) is 0.795. The second-order valence-corrected chi connectivity index (χ2v) is 4.19. The van der Waals surface area contributed by atoms with Gasteiger partial charge in [-0.3, -0.25) is 0 Å². The molecule has 1 aliphatic heterocycles. The van der Waals surface area contributed by atoms with Gasteiger partial charge in [0.15, 0.2) is 0 Å². The molecule has 0 radical (unpaired) electrons.